The van der Waals surface area contributed by atoms with Crippen molar-refractivity contribution in [3.63, 3.8) is 0 Å². The number of nitrogens with one attached hydrogen (secondary N) is 1. The van der Waals surface area contributed by atoms with E-state index in [-0.39, 0.29) is 17.8 Å². The van der Waals surface area contributed by atoms with Gasteiger partial charge in [-0.15, -0.1) is 0 Å². The molecule has 2 rings (SSSR count). The molecule has 1 fully saturated rings. The molecule has 3 unspecified atom stereocenters. The van der Waals surface area contributed by atoms with Crippen LogP contribution in [0.2, 0.25) is 0 Å². The number of phenols is 1. The molecule has 1 aliphatic heterocycles. The van der Waals surface area contributed by atoms with Crippen LogP contribution in [-0.2, 0) is 16.0 Å². The summed E-state index contributed by atoms with van der Waals surface area (Å²) in [5, 5.41) is 12.2. The molecule has 1 aliphatic rings. The molecular weight excluding hydrogens is 268 g/mol. The van der Waals surface area contributed by atoms with Gasteiger partial charge in [0.05, 0.1) is 12.1 Å². The topological polar surface area (TPSA) is 84.6 Å². The smallest absolute Gasteiger partial charge is 0.237 e. The van der Waals surface area contributed by atoms with Gasteiger partial charge in [0.15, 0.2) is 0 Å². The first-order chi connectivity index (χ1) is 10.1. The molecule has 3 atom stereocenters. The van der Waals surface area contributed by atoms with Crippen LogP contribution < -0.4 is 11.1 Å². The highest BCUT2D eigenvalue weighted by molar-refractivity contribution is 5.81. The monoisotopic (exact) mass is 292 g/mol. The number of nitrogens with two attached hydrogens (primary N) is 1. The summed E-state index contributed by atoms with van der Waals surface area (Å²) < 4.78 is 5.61. The molecule has 0 saturated carbocycles. The molecule has 0 bridgehead atoms. The van der Waals surface area contributed by atoms with Crippen molar-refractivity contribution in [1.29, 1.82) is 0 Å². The summed E-state index contributed by atoms with van der Waals surface area (Å²) in [5.41, 5.74) is 6.87. The maximum Gasteiger partial charge on any atom is 0.237 e. The molecule has 21 heavy (non-hydrogen) atoms. The summed E-state index contributed by atoms with van der Waals surface area (Å²) >= 11 is 0. The van der Waals surface area contributed by atoms with E-state index in [4.69, 9.17) is 10.5 Å². The Morgan fingerprint density at radius 3 is 2.86 bits per heavy atom. The lowest BCUT2D eigenvalue weighted by Gasteiger charge is -2.19. The first-order valence-electron chi connectivity index (χ1n) is 7.53. The Kier molecular flexibility index (Phi) is 5.59. The SMILES string of the molecule is CCC1OCCC1CNC(=O)C(N)Cc1ccc(O)cc1. The van der Waals surface area contributed by atoms with E-state index in [1.54, 1.807) is 24.3 Å². The largest absolute Gasteiger partial charge is 0.508 e. The second-order valence-electron chi connectivity index (χ2n) is 5.59. The highest BCUT2D eigenvalue weighted by atomic mass is 16.5. The van der Waals surface area contributed by atoms with Crippen molar-refractivity contribution in [2.24, 2.45) is 11.7 Å². The van der Waals surface area contributed by atoms with Gasteiger partial charge in [0.25, 0.3) is 0 Å². The number of hydrogen-bond donors (Lipinski definition) is 3. The van der Waals surface area contributed by atoms with Crippen LogP contribution in [0.1, 0.15) is 25.3 Å². The van der Waals surface area contributed by atoms with E-state index in [0.29, 0.717) is 18.9 Å². The van der Waals surface area contributed by atoms with E-state index in [9.17, 15) is 9.90 Å². The van der Waals surface area contributed by atoms with E-state index < -0.39 is 6.04 Å². The van der Waals surface area contributed by atoms with Gasteiger partial charge in [-0.25, -0.2) is 0 Å². The van der Waals surface area contributed by atoms with Gasteiger partial charge in [-0.05, 0) is 37.0 Å². The number of carbonyl (C=O) groups is 1. The predicted octanol–water partition coefficient (Wildman–Crippen LogP) is 1.19. The summed E-state index contributed by atoms with van der Waals surface area (Å²) in [6, 6.07) is 6.18. The van der Waals surface area contributed by atoms with Crippen molar-refractivity contribution in [1.82, 2.24) is 5.32 Å². The Morgan fingerprint density at radius 1 is 1.48 bits per heavy atom. The highest BCUT2D eigenvalue weighted by Crippen LogP contribution is 2.22. The molecule has 1 aromatic rings. The van der Waals surface area contributed by atoms with E-state index in [0.717, 1.165) is 25.0 Å². The van der Waals surface area contributed by atoms with Gasteiger partial charge in [-0.3, -0.25) is 4.79 Å². The molecule has 0 radical (unpaired) electrons. The minimum absolute atomic E-state index is 0.134. The van der Waals surface area contributed by atoms with Crippen LogP contribution >= 0.6 is 0 Å². The third-order valence-electron chi connectivity index (χ3n) is 4.02. The zero-order valence-electron chi connectivity index (χ0n) is 12.4. The molecule has 0 spiro atoms. The van der Waals surface area contributed by atoms with E-state index in [1.165, 1.54) is 0 Å². The lowest BCUT2D eigenvalue weighted by atomic mass is 9.99. The van der Waals surface area contributed by atoms with Crippen LogP contribution in [0.4, 0.5) is 0 Å². The molecule has 0 aromatic heterocycles. The molecule has 1 heterocycles. The second-order valence-corrected chi connectivity index (χ2v) is 5.59. The molecular formula is C16H24N2O3. The average Bonchev–Trinajstić information content (AvgIpc) is 2.94. The normalized spacial score (nSPS) is 23.0. The van der Waals surface area contributed by atoms with Crippen molar-refractivity contribution in [3.05, 3.63) is 29.8 Å². The summed E-state index contributed by atoms with van der Waals surface area (Å²) in [7, 11) is 0. The van der Waals surface area contributed by atoms with Crippen LogP contribution in [-0.4, -0.2) is 36.3 Å². The van der Waals surface area contributed by atoms with Crippen LogP contribution in [0.25, 0.3) is 0 Å². The fourth-order valence-corrected chi connectivity index (χ4v) is 2.72. The first-order valence-corrected chi connectivity index (χ1v) is 7.53. The Morgan fingerprint density at radius 2 is 2.19 bits per heavy atom. The Balaban J connectivity index is 1.78. The fraction of sp³-hybridized carbons (Fsp3) is 0.562. The number of rotatable bonds is 6. The number of phenolic OH excluding ortho intramolecular Hbond substituents is 1. The van der Waals surface area contributed by atoms with Crippen LogP contribution in [0, 0.1) is 5.92 Å². The predicted molar refractivity (Wildman–Crippen MR) is 80.9 cm³/mol. The molecule has 1 amide bonds. The van der Waals surface area contributed by atoms with E-state index in [2.05, 4.69) is 12.2 Å². The number of hydrogen-bond acceptors (Lipinski definition) is 4. The Labute approximate surface area is 125 Å². The van der Waals surface area contributed by atoms with Crippen LogP contribution in [0.5, 0.6) is 5.75 Å². The Hall–Kier alpha value is -1.59. The van der Waals surface area contributed by atoms with Crippen molar-refractivity contribution >= 4 is 5.91 Å². The van der Waals surface area contributed by atoms with Gasteiger partial charge < -0.3 is 20.9 Å². The van der Waals surface area contributed by atoms with Crippen LogP contribution in [0.3, 0.4) is 0 Å². The highest BCUT2D eigenvalue weighted by Gasteiger charge is 2.27. The maximum atomic E-state index is 12.0. The molecule has 116 valence electrons. The summed E-state index contributed by atoms with van der Waals surface area (Å²) in [6.07, 6.45) is 2.68. The third-order valence-corrected chi connectivity index (χ3v) is 4.02. The molecule has 1 aromatic carbocycles. The molecule has 5 heteroatoms. The van der Waals surface area contributed by atoms with Gasteiger partial charge >= 0.3 is 0 Å². The molecule has 1 saturated heterocycles. The number of aromatic hydroxyl groups is 1. The summed E-state index contributed by atoms with van der Waals surface area (Å²) in [4.78, 5) is 12.0. The lowest BCUT2D eigenvalue weighted by molar-refractivity contribution is -0.122. The summed E-state index contributed by atoms with van der Waals surface area (Å²) in [5.74, 6) is 0.466. The first kappa shape index (κ1) is 15.8. The van der Waals surface area contributed by atoms with Crippen LogP contribution in [0.15, 0.2) is 24.3 Å². The Bertz CT molecular complexity index is 461. The van der Waals surface area contributed by atoms with Crippen molar-refractivity contribution in [2.75, 3.05) is 13.2 Å². The van der Waals surface area contributed by atoms with Gasteiger partial charge in [0.2, 0.25) is 5.91 Å². The minimum Gasteiger partial charge on any atom is -0.508 e. The quantitative estimate of drug-likeness (QED) is 0.735. The zero-order chi connectivity index (χ0) is 15.2. The van der Waals surface area contributed by atoms with E-state index in [1.807, 2.05) is 0 Å². The maximum absolute atomic E-state index is 12.0. The number of ether oxygens (including phenoxy) is 1. The molecule has 0 aliphatic carbocycles. The van der Waals surface area contributed by atoms with Gasteiger partial charge in [-0.1, -0.05) is 19.1 Å². The summed E-state index contributed by atoms with van der Waals surface area (Å²) in [6.45, 7) is 3.50. The number of amides is 1. The van der Waals surface area contributed by atoms with Crippen molar-refractivity contribution in [3.8, 4) is 5.75 Å². The standard InChI is InChI=1S/C16H24N2O3/c1-2-15-12(7-8-21-15)10-18-16(20)14(17)9-11-3-5-13(19)6-4-11/h3-6,12,14-15,19H,2,7-10,17H2,1H3,(H,18,20). The van der Waals surface area contributed by atoms with Gasteiger partial charge in [0, 0.05) is 19.1 Å². The minimum atomic E-state index is -0.572. The van der Waals surface area contributed by atoms with E-state index >= 15 is 0 Å². The molecule has 4 N–H and O–H groups in total. The number of benzene rings is 1. The zero-order valence-corrected chi connectivity index (χ0v) is 12.4. The van der Waals surface area contributed by atoms with Gasteiger partial charge in [-0.2, -0.15) is 0 Å². The molecule has 5 nitrogen and oxygen atoms in total. The van der Waals surface area contributed by atoms with Gasteiger partial charge in [0.1, 0.15) is 5.75 Å². The number of carbonyl (C=O) groups excluding carboxylic acids is 1. The third kappa shape index (κ3) is 4.44. The average molecular weight is 292 g/mol. The fourth-order valence-electron chi connectivity index (χ4n) is 2.72. The lowest BCUT2D eigenvalue weighted by Crippen LogP contribution is -2.44. The van der Waals surface area contributed by atoms with Crippen molar-refractivity contribution < 1.29 is 14.6 Å². The van der Waals surface area contributed by atoms with Crippen molar-refractivity contribution in [2.45, 2.75) is 38.3 Å². The second kappa shape index (κ2) is 7.43.